The van der Waals surface area contributed by atoms with E-state index in [1.165, 1.54) is 5.56 Å². The average molecular weight is 441 g/mol. The molecule has 1 aromatic rings. The van der Waals surface area contributed by atoms with Crippen LogP contribution in [-0.4, -0.2) is 12.2 Å². The summed E-state index contributed by atoms with van der Waals surface area (Å²) in [5.41, 5.74) is 1.28. The number of halogens is 3. The van der Waals surface area contributed by atoms with Gasteiger partial charge in [0.2, 0.25) is 0 Å². The van der Waals surface area contributed by atoms with Gasteiger partial charge in [-0.1, -0.05) is 54.7 Å². The second kappa shape index (κ2) is 5.94. The molecule has 1 aromatic carbocycles. The van der Waals surface area contributed by atoms with Gasteiger partial charge in [-0.3, -0.25) is 0 Å². The summed E-state index contributed by atoms with van der Waals surface area (Å²) >= 11 is 11.1. The van der Waals surface area contributed by atoms with Crippen LogP contribution < -0.4 is 0 Å². The summed E-state index contributed by atoms with van der Waals surface area (Å²) in [7, 11) is 0. The fourth-order valence-corrected chi connectivity index (χ4v) is 5.20. The van der Waals surface area contributed by atoms with Crippen LogP contribution in [0.15, 0.2) is 27.1 Å². The highest BCUT2D eigenvalue weighted by molar-refractivity contribution is 9.11. The first-order chi connectivity index (χ1) is 8.41. The Balaban J connectivity index is 2.30. The van der Waals surface area contributed by atoms with E-state index in [-0.39, 0.29) is 6.10 Å². The molecule has 0 aliphatic carbocycles. The Labute approximate surface area is 134 Å². The number of ether oxygens (including phenoxy) is 1. The zero-order valence-corrected chi connectivity index (χ0v) is 15.4. The molecular formula is C14H17Br3O. The van der Waals surface area contributed by atoms with Gasteiger partial charge in [0, 0.05) is 19.7 Å². The molecule has 0 N–H and O–H groups in total. The Hall–Kier alpha value is 0.620. The Morgan fingerprint density at radius 3 is 2.33 bits per heavy atom. The zero-order chi connectivity index (χ0) is 13.4. The van der Waals surface area contributed by atoms with Gasteiger partial charge < -0.3 is 4.74 Å². The molecule has 0 radical (unpaired) electrons. The first-order valence-corrected chi connectivity index (χ1v) is 8.66. The summed E-state index contributed by atoms with van der Waals surface area (Å²) in [6.07, 6.45) is 0.612. The zero-order valence-electron chi connectivity index (χ0n) is 10.7. The minimum Gasteiger partial charge on any atom is -0.375 e. The van der Waals surface area contributed by atoms with E-state index in [1.54, 1.807) is 0 Å². The van der Waals surface area contributed by atoms with Gasteiger partial charge in [0.25, 0.3) is 0 Å². The molecule has 100 valence electrons. The molecular weight excluding hydrogens is 424 g/mol. The third kappa shape index (κ3) is 2.87. The molecule has 2 rings (SSSR count). The molecule has 0 saturated carbocycles. The fourth-order valence-electron chi connectivity index (χ4n) is 2.73. The summed E-state index contributed by atoms with van der Waals surface area (Å²) in [4.78, 5) is 0.305. The molecule has 0 amide bonds. The van der Waals surface area contributed by atoms with Crippen molar-refractivity contribution in [3.63, 3.8) is 0 Å². The molecule has 1 saturated heterocycles. The lowest BCUT2D eigenvalue weighted by atomic mass is 9.84. The molecule has 1 aliphatic heterocycles. The number of rotatable bonds is 2. The molecule has 0 bridgehead atoms. The van der Waals surface area contributed by atoms with Crippen LogP contribution in [0.5, 0.6) is 0 Å². The van der Waals surface area contributed by atoms with Crippen LogP contribution >= 0.6 is 47.8 Å². The highest BCUT2D eigenvalue weighted by atomic mass is 79.9. The first kappa shape index (κ1) is 15.0. The van der Waals surface area contributed by atoms with Crippen LogP contribution in [0.25, 0.3) is 0 Å². The van der Waals surface area contributed by atoms with Crippen molar-refractivity contribution in [2.24, 2.45) is 11.8 Å². The standard InChI is InChI=1S/C14H17Br3O/c1-7-8(2)18-9(3)13(7)14(17)11-6-10(15)4-5-12(11)16/h4-9,13-14H,1-3H3. The maximum absolute atomic E-state index is 5.94. The van der Waals surface area contributed by atoms with Gasteiger partial charge >= 0.3 is 0 Å². The maximum atomic E-state index is 5.94. The van der Waals surface area contributed by atoms with E-state index < -0.39 is 0 Å². The largest absolute Gasteiger partial charge is 0.375 e. The quantitative estimate of drug-likeness (QED) is 0.535. The lowest BCUT2D eigenvalue weighted by Crippen LogP contribution is -2.22. The van der Waals surface area contributed by atoms with E-state index in [0.29, 0.717) is 22.8 Å². The number of benzene rings is 1. The van der Waals surface area contributed by atoms with Gasteiger partial charge in [-0.25, -0.2) is 0 Å². The van der Waals surface area contributed by atoms with Crippen molar-refractivity contribution in [3.8, 4) is 0 Å². The average Bonchev–Trinajstić information content (AvgIpc) is 2.56. The number of hydrogen-bond donors (Lipinski definition) is 0. The topological polar surface area (TPSA) is 9.23 Å². The second-order valence-corrected chi connectivity index (χ2v) is 7.81. The molecule has 5 atom stereocenters. The molecule has 1 fully saturated rings. The summed E-state index contributed by atoms with van der Waals surface area (Å²) < 4.78 is 8.20. The van der Waals surface area contributed by atoms with E-state index in [2.05, 4.69) is 80.7 Å². The predicted molar refractivity (Wildman–Crippen MR) is 86.2 cm³/mol. The molecule has 4 heteroatoms. The lowest BCUT2D eigenvalue weighted by molar-refractivity contribution is 0.0511. The SMILES string of the molecule is CC1OC(C)C(C(Br)c2cc(Br)ccc2Br)C1C. The van der Waals surface area contributed by atoms with E-state index in [0.717, 1.165) is 8.95 Å². The Morgan fingerprint density at radius 1 is 1.11 bits per heavy atom. The smallest absolute Gasteiger partial charge is 0.0596 e. The van der Waals surface area contributed by atoms with Gasteiger partial charge in [-0.2, -0.15) is 0 Å². The third-order valence-electron chi connectivity index (χ3n) is 3.91. The normalized spacial score (nSPS) is 33.7. The van der Waals surface area contributed by atoms with E-state index >= 15 is 0 Å². The van der Waals surface area contributed by atoms with Crippen LogP contribution in [0.4, 0.5) is 0 Å². The Morgan fingerprint density at radius 2 is 1.78 bits per heavy atom. The van der Waals surface area contributed by atoms with Crippen molar-refractivity contribution in [1.29, 1.82) is 0 Å². The summed E-state index contributed by atoms with van der Waals surface area (Å²) in [5.74, 6) is 1.04. The highest BCUT2D eigenvalue weighted by Crippen LogP contribution is 2.47. The molecule has 0 aromatic heterocycles. The van der Waals surface area contributed by atoms with Crippen molar-refractivity contribution in [2.75, 3.05) is 0 Å². The van der Waals surface area contributed by atoms with Crippen LogP contribution in [0.3, 0.4) is 0 Å². The van der Waals surface area contributed by atoms with E-state index in [9.17, 15) is 0 Å². The first-order valence-electron chi connectivity index (χ1n) is 6.16. The van der Waals surface area contributed by atoms with Crippen LogP contribution in [0.1, 0.15) is 31.2 Å². The summed E-state index contributed by atoms with van der Waals surface area (Å²) in [6.45, 7) is 6.61. The van der Waals surface area contributed by atoms with Crippen LogP contribution in [0, 0.1) is 11.8 Å². The molecule has 1 nitrogen and oxygen atoms in total. The van der Waals surface area contributed by atoms with Crippen molar-refractivity contribution < 1.29 is 4.74 Å². The van der Waals surface area contributed by atoms with E-state index in [4.69, 9.17) is 4.74 Å². The summed E-state index contributed by atoms with van der Waals surface area (Å²) in [6, 6.07) is 6.31. The van der Waals surface area contributed by atoms with Crippen LogP contribution in [0.2, 0.25) is 0 Å². The number of hydrogen-bond acceptors (Lipinski definition) is 1. The highest BCUT2D eigenvalue weighted by Gasteiger charge is 2.41. The Kier molecular flexibility index (Phi) is 4.96. The monoisotopic (exact) mass is 438 g/mol. The third-order valence-corrected chi connectivity index (χ3v) is 6.23. The van der Waals surface area contributed by atoms with Gasteiger partial charge in [0.05, 0.1) is 12.2 Å². The summed E-state index contributed by atoms with van der Waals surface area (Å²) in [5, 5.41) is 0. The number of alkyl halides is 1. The molecule has 0 spiro atoms. The second-order valence-electron chi connectivity index (χ2n) is 5.05. The van der Waals surface area contributed by atoms with Crippen molar-refractivity contribution >= 4 is 47.8 Å². The lowest BCUT2D eigenvalue weighted by Gasteiger charge is -2.25. The molecule has 1 heterocycles. The molecule has 1 aliphatic rings. The maximum Gasteiger partial charge on any atom is 0.0596 e. The minimum atomic E-state index is 0.283. The van der Waals surface area contributed by atoms with Gasteiger partial charge in [-0.15, -0.1) is 0 Å². The van der Waals surface area contributed by atoms with Gasteiger partial charge in [-0.05, 0) is 43.5 Å². The van der Waals surface area contributed by atoms with Crippen LogP contribution in [-0.2, 0) is 4.74 Å². The minimum absolute atomic E-state index is 0.283. The molecule has 18 heavy (non-hydrogen) atoms. The molecule has 5 unspecified atom stereocenters. The Bertz CT molecular complexity index is 435. The van der Waals surface area contributed by atoms with E-state index in [1.807, 2.05) is 6.07 Å². The fraction of sp³-hybridized carbons (Fsp3) is 0.571. The van der Waals surface area contributed by atoms with Gasteiger partial charge in [0.1, 0.15) is 0 Å². The predicted octanol–water partition coefficient (Wildman–Crippen LogP) is 5.71. The van der Waals surface area contributed by atoms with Crippen molar-refractivity contribution in [2.45, 2.75) is 37.8 Å². The van der Waals surface area contributed by atoms with Crippen molar-refractivity contribution in [3.05, 3.63) is 32.7 Å². The van der Waals surface area contributed by atoms with Crippen molar-refractivity contribution in [1.82, 2.24) is 0 Å². The van der Waals surface area contributed by atoms with Gasteiger partial charge in [0.15, 0.2) is 0 Å².